The highest BCUT2D eigenvalue weighted by Crippen LogP contribution is 2.32. The van der Waals surface area contributed by atoms with Crippen LogP contribution in [0.15, 0.2) is 54.9 Å². The van der Waals surface area contributed by atoms with Crippen molar-refractivity contribution in [1.29, 1.82) is 0 Å². The van der Waals surface area contributed by atoms with Crippen molar-refractivity contribution in [2.24, 2.45) is 11.8 Å². The van der Waals surface area contributed by atoms with E-state index in [1.807, 2.05) is 35.2 Å². The maximum absolute atomic E-state index is 12.7. The van der Waals surface area contributed by atoms with Crippen LogP contribution < -0.4 is 10.0 Å². The predicted octanol–water partition coefficient (Wildman–Crippen LogP) is 3.67. The highest BCUT2D eigenvalue weighted by atomic mass is 16.5. The van der Waals surface area contributed by atoms with Gasteiger partial charge in [-0.1, -0.05) is 62.4 Å². The Labute approximate surface area is 207 Å². The lowest BCUT2D eigenvalue weighted by atomic mass is 10.0. The van der Waals surface area contributed by atoms with Gasteiger partial charge in [0.05, 0.1) is 6.04 Å². The van der Waals surface area contributed by atoms with Crippen molar-refractivity contribution in [2.45, 2.75) is 44.6 Å². The van der Waals surface area contributed by atoms with Crippen LogP contribution in [0.1, 0.15) is 60.5 Å². The number of amides is 2. The number of rotatable bonds is 6. The van der Waals surface area contributed by atoms with E-state index in [1.165, 1.54) is 44.5 Å². The molecule has 8 nitrogen and oxygen atoms in total. The molecule has 0 bridgehead atoms. The van der Waals surface area contributed by atoms with E-state index in [1.54, 1.807) is 12.1 Å². The topological polar surface area (TPSA) is 99.8 Å². The van der Waals surface area contributed by atoms with Crippen molar-refractivity contribution in [2.75, 3.05) is 32.7 Å². The molecule has 2 unspecified atom stereocenters. The van der Waals surface area contributed by atoms with Crippen molar-refractivity contribution in [3.63, 3.8) is 0 Å². The van der Waals surface area contributed by atoms with E-state index in [0.29, 0.717) is 41.6 Å². The number of carboxylic acid groups (broad SMARTS) is 1. The average molecular weight is 481 g/mol. The van der Waals surface area contributed by atoms with Crippen LogP contribution in [0.4, 0.5) is 4.79 Å². The summed E-state index contributed by atoms with van der Waals surface area (Å²) < 4.78 is 0.653. The first kappa shape index (κ1) is 25.0. The fourth-order valence-corrected chi connectivity index (χ4v) is 5.55. The first-order chi connectivity index (χ1) is 17.0. The van der Waals surface area contributed by atoms with Gasteiger partial charge in [0.25, 0.3) is 5.91 Å². The average Bonchev–Trinajstić information content (AvgIpc) is 3.61. The highest BCUT2D eigenvalue weighted by molar-refractivity contribution is 5.93. The number of pyridine rings is 1. The van der Waals surface area contributed by atoms with Crippen LogP contribution >= 0.6 is 0 Å². The Balaban J connectivity index is 0.000000514. The summed E-state index contributed by atoms with van der Waals surface area (Å²) in [6, 6.07) is 12.7. The van der Waals surface area contributed by atoms with Crippen LogP contribution in [0, 0.1) is 17.0 Å². The standard InChI is InChI=1S/C22H26N4O4.C5H10/c27-21(17-7-4-9-26(30)15-17)25-13-18-11-24(12-19(18)14-25)10-8-20(23-22(28)29)16-5-2-1-3-6-16;1-2-4-5-3-1/h1-7,9,15,18-20,23H,8,10-14H2,(H,28,29);1-5H2/t18-,19?,20?;/m0./s1. The van der Waals surface area contributed by atoms with E-state index in [4.69, 9.17) is 0 Å². The fourth-order valence-electron chi connectivity index (χ4n) is 5.55. The Morgan fingerprint density at radius 1 is 0.971 bits per heavy atom. The van der Waals surface area contributed by atoms with Crippen molar-refractivity contribution in [3.05, 3.63) is 71.2 Å². The zero-order valence-electron chi connectivity index (χ0n) is 20.2. The maximum atomic E-state index is 12.7. The number of likely N-dealkylation sites (tertiary alicyclic amines) is 2. The lowest BCUT2D eigenvalue weighted by Crippen LogP contribution is -2.36. The molecule has 2 aromatic rings. The molecule has 2 aliphatic heterocycles. The van der Waals surface area contributed by atoms with Gasteiger partial charge in [0.2, 0.25) is 0 Å². The largest absolute Gasteiger partial charge is 0.619 e. The third kappa shape index (κ3) is 6.94. The molecule has 8 heteroatoms. The van der Waals surface area contributed by atoms with Gasteiger partial charge in [0, 0.05) is 38.8 Å². The number of benzene rings is 1. The molecule has 0 spiro atoms. The first-order valence-corrected chi connectivity index (χ1v) is 12.7. The molecular weight excluding hydrogens is 444 g/mol. The molecule has 1 aliphatic carbocycles. The lowest BCUT2D eigenvalue weighted by molar-refractivity contribution is -0.605. The summed E-state index contributed by atoms with van der Waals surface area (Å²) in [5.74, 6) is 0.746. The van der Waals surface area contributed by atoms with Crippen molar-refractivity contribution in [3.8, 4) is 0 Å². The van der Waals surface area contributed by atoms with E-state index in [2.05, 4.69) is 10.2 Å². The maximum Gasteiger partial charge on any atom is 0.405 e. The van der Waals surface area contributed by atoms with E-state index >= 15 is 0 Å². The van der Waals surface area contributed by atoms with Crippen LogP contribution in [0.25, 0.3) is 0 Å². The number of carbonyl (C=O) groups excluding carboxylic acids is 1. The zero-order valence-corrected chi connectivity index (χ0v) is 20.2. The molecule has 1 saturated carbocycles. The van der Waals surface area contributed by atoms with E-state index in [-0.39, 0.29) is 11.9 Å². The second kappa shape index (κ2) is 12.0. The Morgan fingerprint density at radius 3 is 2.17 bits per heavy atom. The minimum absolute atomic E-state index is 0.0871. The van der Waals surface area contributed by atoms with Crippen LogP contribution in [0.2, 0.25) is 0 Å². The molecule has 0 radical (unpaired) electrons. The summed E-state index contributed by atoms with van der Waals surface area (Å²) in [4.78, 5) is 28.1. The third-order valence-electron chi connectivity index (χ3n) is 7.35. The summed E-state index contributed by atoms with van der Waals surface area (Å²) in [6.07, 6.45) is 9.87. The smallest absolute Gasteiger partial charge is 0.405 e. The van der Waals surface area contributed by atoms with Gasteiger partial charge in [-0.25, -0.2) is 4.79 Å². The molecule has 1 aromatic heterocycles. The molecule has 2 amide bonds. The Morgan fingerprint density at radius 2 is 1.60 bits per heavy atom. The van der Waals surface area contributed by atoms with Crippen LogP contribution in [-0.2, 0) is 0 Å². The Hall–Kier alpha value is -3.13. The molecule has 3 fully saturated rings. The number of carbonyl (C=O) groups is 2. The lowest BCUT2D eigenvalue weighted by Gasteiger charge is -2.24. The fraction of sp³-hybridized carbons (Fsp3) is 0.519. The van der Waals surface area contributed by atoms with Gasteiger partial charge in [-0.3, -0.25) is 4.79 Å². The molecule has 188 valence electrons. The van der Waals surface area contributed by atoms with Crippen LogP contribution in [-0.4, -0.2) is 59.6 Å². The highest BCUT2D eigenvalue weighted by Gasteiger charge is 2.41. The molecular formula is C27H36N4O4. The van der Waals surface area contributed by atoms with Gasteiger partial charge < -0.3 is 25.4 Å². The molecule has 35 heavy (non-hydrogen) atoms. The number of hydrogen-bond acceptors (Lipinski definition) is 4. The Kier molecular flexibility index (Phi) is 8.58. The summed E-state index contributed by atoms with van der Waals surface area (Å²) in [5, 5.41) is 23.2. The second-order valence-corrected chi connectivity index (χ2v) is 9.91. The monoisotopic (exact) mass is 480 g/mol. The minimum atomic E-state index is -1.02. The molecule has 3 aliphatic rings. The SMILES string of the molecule is C1CCCC1.O=C(O)NC(CCN1CC2CN(C(=O)c3ccc[n+]([O-])c3)C[C@@H]2C1)c1ccccc1. The van der Waals surface area contributed by atoms with Gasteiger partial charge in [-0.05, 0) is 29.9 Å². The quantitative estimate of drug-likeness (QED) is 0.485. The van der Waals surface area contributed by atoms with Crippen LogP contribution in [0.3, 0.4) is 0 Å². The molecule has 5 rings (SSSR count). The minimum Gasteiger partial charge on any atom is -0.619 e. The summed E-state index contributed by atoms with van der Waals surface area (Å²) in [7, 11) is 0. The predicted molar refractivity (Wildman–Crippen MR) is 133 cm³/mol. The van der Waals surface area contributed by atoms with Gasteiger partial charge in [0.1, 0.15) is 5.56 Å². The van der Waals surface area contributed by atoms with Crippen molar-refractivity contribution >= 4 is 12.0 Å². The molecule has 3 atom stereocenters. The van der Waals surface area contributed by atoms with Crippen molar-refractivity contribution < 1.29 is 19.4 Å². The van der Waals surface area contributed by atoms with Gasteiger partial charge in [0.15, 0.2) is 12.4 Å². The molecule has 2 saturated heterocycles. The number of nitrogens with one attached hydrogen (secondary N) is 1. The molecule has 1 aromatic carbocycles. The number of hydrogen-bond donors (Lipinski definition) is 2. The van der Waals surface area contributed by atoms with Gasteiger partial charge in [-0.2, -0.15) is 4.73 Å². The Bertz CT molecular complexity index is 961. The van der Waals surface area contributed by atoms with E-state index in [0.717, 1.165) is 25.2 Å². The summed E-state index contributed by atoms with van der Waals surface area (Å²) >= 11 is 0. The van der Waals surface area contributed by atoms with E-state index in [9.17, 15) is 19.9 Å². The van der Waals surface area contributed by atoms with Crippen molar-refractivity contribution in [1.82, 2.24) is 15.1 Å². The summed E-state index contributed by atoms with van der Waals surface area (Å²) in [5.41, 5.74) is 1.39. The van der Waals surface area contributed by atoms with Gasteiger partial charge in [-0.15, -0.1) is 0 Å². The van der Waals surface area contributed by atoms with Crippen LogP contribution in [0.5, 0.6) is 0 Å². The summed E-state index contributed by atoms with van der Waals surface area (Å²) in [6.45, 7) is 4.00. The first-order valence-electron chi connectivity index (χ1n) is 12.7. The molecule has 2 N–H and O–H groups in total. The number of fused-ring (bicyclic) bond motifs is 1. The van der Waals surface area contributed by atoms with Gasteiger partial charge >= 0.3 is 6.09 Å². The normalized spacial score (nSPS) is 22.2. The third-order valence-corrected chi connectivity index (χ3v) is 7.35. The zero-order chi connectivity index (χ0) is 24.6. The number of nitrogens with zero attached hydrogens (tertiary/aromatic N) is 3. The molecule has 3 heterocycles. The number of aromatic nitrogens is 1. The van der Waals surface area contributed by atoms with E-state index < -0.39 is 6.09 Å². The second-order valence-electron chi connectivity index (χ2n) is 9.91.